The van der Waals surface area contributed by atoms with Gasteiger partial charge in [-0.05, 0) is 24.3 Å². The Morgan fingerprint density at radius 3 is 0.641 bits per heavy atom. The number of halogens is 2. The number of fused-ring (bicyclic) bond motifs is 4. The van der Waals surface area contributed by atoms with Crippen molar-refractivity contribution < 1.29 is 77.2 Å². The van der Waals surface area contributed by atoms with E-state index in [0.29, 0.717) is 0 Å². The SMILES string of the molecule is [Cl-].[Cl-].[Zr+2].[Zr+2].c1ccc(-c2cc3ccccc3[cH-]2)nc1.c1ccc(-c2cc3ccccc3[cH-]2)nc1.c1ccc(-c2cc3ccccc3[cH-]2)nc1.c1ccc(-c2cc3ccccc3[cH-]2)nc1. The molecule has 12 rings (SSSR count). The summed E-state index contributed by atoms with van der Waals surface area (Å²) in [4.78, 5) is 17.4. The zero-order valence-electron chi connectivity index (χ0n) is 34.6. The first-order chi connectivity index (χ1) is 29.7. The Morgan fingerprint density at radius 2 is 0.453 bits per heavy atom. The molecular formula is C56H40Cl2N4Zr2-2. The summed E-state index contributed by atoms with van der Waals surface area (Å²) in [6, 6.07) is 74.9. The fourth-order valence-electron chi connectivity index (χ4n) is 7.33. The third kappa shape index (κ3) is 12.3. The summed E-state index contributed by atoms with van der Waals surface area (Å²) in [5, 5.41) is 10.2. The van der Waals surface area contributed by atoms with Crippen LogP contribution in [0.1, 0.15) is 0 Å². The van der Waals surface area contributed by atoms with Crippen molar-refractivity contribution in [2.24, 2.45) is 0 Å². The van der Waals surface area contributed by atoms with Crippen LogP contribution in [-0.4, -0.2) is 19.9 Å². The molecular weight excluding hydrogens is 982 g/mol. The summed E-state index contributed by atoms with van der Waals surface area (Å²) in [7, 11) is 0. The number of hydrogen-bond donors (Lipinski definition) is 0. The molecule has 0 unspecified atom stereocenters. The van der Waals surface area contributed by atoms with Gasteiger partial charge in [0.2, 0.25) is 0 Å². The average molecular weight is 1020 g/mol. The number of benzene rings is 4. The molecule has 0 spiro atoms. The molecule has 0 aliphatic carbocycles. The molecule has 0 bridgehead atoms. The van der Waals surface area contributed by atoms with Gasteiger partial charge in [0.25, 0.3) is 0 Å². The van der Waals surface area contributed by atoms with E-state index in [4.69, 9.17) is 0 Å². The normalized spacial score (nSPS) is 10.0. The largest absolute Gasteiger partial charge is 2.00 e. The van der Waals surface area contributed by atoms with E-state index in [1.54, 1.807) is 0 Å². The first-order valence-electron chi connectivity index (χ1n) is 20.0. The molecule has 0 aliphatic heterocycles. The van der Waals surface area contributed by atoms with E-state index in [-0.39, 0.29) is 77.2 Å². The first kappa shape index (κ1) is 49.3. The minimum absolute atomic E-state index is 0. The number of nitrogens with zero attached hydrogens (tertiary/aromatic N) is 4. The third-order valence-electron chi connectivity index (χ3n) is 10.3. The molecule has 12 aromatic rings. The standard InChI is InChI=1S/4C14H10N.2ClH.2Zr/c4*1-2-6-12-10-13(9-11(12)5-1)14-7-3-4-8-15-14;;;;/h4*1-10H;2*1H;;/q4*-1;;;2*+2/p-2. The molecule has 0 saturated heterocycles. The van der Waals surface area contributed by atoms with E-state index in [1.165, 1.54) is 65.3 Å². The van der Waals surface area contributed by atoms with Crippen molar-refractivity contribution in [2.75, 3.05) is 0 Å². The summed E-state index contributed by atoms with van der Waals surface area (Å²) < 4.78 is 0. The van der Waals surface area contributed by atoms with E-state index in [1.807, 2.05) is 97.6 Å². The zero-order valence-corrected chi connectivity index (χ0v) is 41.1. The van der Waals surface area contributed by atoms with Crippen molar-refractivity contribution in [3.05, 3.63) is 243 Å². The maximum Gasteiger partial charge on any atom is 2.00 e. The second-order valence-corrected chi connectivity index (χ2v) is 14.4. The van der Waals surface area contributed by atoms with Gasteiger partial charge in [0.15, 0.2) is 0 Å². The number of aromatic nitrogens is 4. The number of rotatable bonds is 4. The van der Waals surface area contributed by atoms with Crippen LogP contribution in [0.25, 0.3) is 88.1 Å². The van der Waals surface area contributed by atoms with Crippen molar-refractivity contribution in [1.82, 2.24) is 19.9 Å². The quantitative estimate of drug-likeness (QED) is 0.166. The topological polar surface area (TPSA) is 51.6 Å². The Kier molecular flexibility index (Phi) is 18.8. The van der Waals surface area contributed by atoms with E-state index in [9.17, 15) is 0 Å². The molecule has 308 valence electrons. The summed E-state index contributed by atoms with van der Waals surface area (Å²) in [5.41, 5.74) is 8.91. The molecule has 0 aliphatic rings. The van der Waals surface area contributed by atoms with Crippen LogP contribution in [0, 0.1) is 0 Å². The fraction of sp³-hybridized carbons (Fsp3) is 0. The number of hydrogen-bond acceptors (Lipinski definition) is 4. The molecule has 8 heteroatoms. The summed E-state index contributed by atoms with van der Waals surface area (Å²) in [6.45, 7) is 0. The Balaban J connectivity index is 0.000000157. The van der Waals surface area contributed by atoms with Gasteiger partial charge in [-0.3, -0.25) is 19.9 Å². The Bertz CT molecular complexity index is 2650. The van der Waals surface area contributed by atoms with Crippen LogP contribution in [0.5, 0.6) is 0 Å². The molecule has 0 N–H and O–H groups in total. The van der Waals surface area contributed by atoms with Gasteiger partial charge in [-0.2, -0.15) is 0 Å². The van der Waals surface area contributed by atoms with E-state index >= 15 is 0 Å². The molecule has 0 radical (unpaired) electrons. The van der Waals surface area contributed by atoms with Crippen molar-refractivity contribution in [3.63, 3.8) is 0 Å². The van der Waals surface area contributed by atoms with Gasteiger partial charge in [-0.25, -0.2) is 0 Å². The molecule has 4 aromatic heterocycles. The Labute approximate surface area is 424 Å². The van der Waals surface area contributed by atoms with Gasteiger partial charge < -0.3 is 24.8 Å². The summed E-state index contributed by atoms with van der Waals surface area (Å²) in [6.07, 6.45) is 7.31. The predicted octanol–water partition coefficient (Wildman–Crippen LogP) is 8.49. The van der Waals surface area contributed by atoms with Gasteiger partial charge in [0, 0.05) is 47.6 Å². The van der Waals surface area contributed by atoms with Crippen LogP contribution in [-0.2, 0) is 52.4 Å². The molecule has 8 aromatic carbocycles. The monoisotopic (exact) mass is 1020 g/mol. The van der Waals surface area contributed by atoms with Crippen LogP contribution in [0.15, 0.2) is 243 Å². The number of pyridine rings is 4. The second kappa shape index (κ2) is 24.4. The van der Waals surface area contributed by atoms with Crippen LogP contribution in [0.2, 0.25) is 0 Å². The second-order valence-electron chi connectivity index (χ2n) is 14.4. The average Bonchev–Trinajstić information content (AvgIpc) is 4.15. The maximum atomic E-state index is 4.34. The molecule has 64 heavy (non-hydrogen) atoms. The van der Waals surface area contributed by atoms with E-state index in [0.717, 1.165) is 22.8 Å². The van der Waals surface area contributed by atoms with Crippen molar-refractivity contribution >= 4 is 43.1 Å². The molecule has 0 amide bonds. The molecule has 4 heterocycles. The fourth-order valence-corrected chi connectivity index (χ4v) is 7.33. The Morgan fingerprint density at radius 1 is 0.250 bits per heavy atom. The Hall–Kier alpha value is -5.73. The van der Waals surface area contributed by atoms with Crippen LogP contribution >= 0.6 is 0 Å². The van der Waals surface area contributed by atoms with Gasteiger partial charge in [-0.15, -0.1) is 138 Å². The summed E-state index contributed by atoms with van der Waals surface area (Å²) in [5.74, 6) is 0. The summed E-state index contributed by atoms with van der Waals surface area (Å²) >= 11 is 0. The van der Waals surface area contributed by atoms with Crippen LogP contribution < -0.4 is 24.8 Å². The van der Waals surface area contributed by atoms with Gasteiger partial charge in [0.1, 0.15) is 0 Å². The van der Waals surface area contributed by atoms with Crippen LogP contribution in [0.3, 0.4) is 0 Å². The molecule has 4 nitrogen and oxygen atoms in total. The van der Waals surface area contributed by atoms with Crippen LogP contribution in [0.4, 0.5) is 0 Å². The van der Waals surface area contributed by atoms with Crippen molar-refractivity contribution in [2.45, 2.75) is 0 Å². The van der Waals surface area contributed by atoms with E-state index < -0.39 is 0 Å². The third-order valence-corrected chi connectivity index (χ3v) is 10.3. The molecule has 0 saturated carbocycles. The van der Waals surface area contributed by atoms with Crippen molar-refractivity contribution in [3.8, 4) is 45.0 Å². The van der Waals surface area contributed by atoms with Gasteiger partial charge in [-0.1, -0.05) is 121 Å². The smallest absolute Gasteiger partial charge is 1.00 e. The predicted molar refractivity (Wildman–Crippen MR) is 251 cm³/mol. The van der Waals surface area contributed by atoms with Gasteiger partial charge >= 0.3 is 52.4 Å². The van der Waals surface area contributed by atoms with Crippen molar-refractivity contribution in [1.29, 1.82) is 0 Å². The molecule has 0 fully saturated rings. The first-order valence-corrected chi connectivity index (χ1v) is 20.0. The maximum absolute atomic E-state index is 4.34. The van der Waals surface area contributed by atoms with Gasteiger partial charge in [0.05, 0.1) is 0 Å². The minimum atomic E-state index is 0. The van der Waals surface area contributed by atoms with E-state index in [2.05, 4.69) is 166 Å². The molecule has 0 atom stereocenters. The zero-order chi connectivity index (χ0) is 40.4. The minimum Gasteiger partial charge on any atom is -1.00 e.